The van der Waals surface area contributed by atoms with E-state index in [0.29, 0.717) is 24.0 Å². The van der Waals surface area contributed by atoms with Crippen LogP contribution in [0.4, 0.5) is 0 Å². The molecule has 0 spiro atoms. The fraction of sp³-hybridized carbons (Fsp3) is 0.0690. The van der Waals surface area contributed by atoms with E-state index in [2.05, 4.69) is 29.4 Å². The van der Waals surface area contributed by atoms with Gasteiger partial charge >= 0.3 is 0 Å². The van der Waals surface area contributed by atoms with Crippen LogP contribution in [0.3, 0.4) is 0 Å². The van der Waals surface area contributed by atoms with Crippen LogP contribution < -0.4 is 5.84 Å². The summed E-state index contributed by atoms with van der Waals surface area (Å²) in [6.45, 7) is 0. The maximum Gasteiger partial charge on any atom is 0.0991 e. The molecule has 0 aliphatic carbocycles. The van der Waals surface area contributed by atoms with Crippen molar-refractivity contribution in [2.24, 2.45) is 10.9 Å². The van der Waals surface area contributed by atoms with Crippen LogP contribution in [-0.2, 0) is 12.8 Å². The zero-order valence-electron chi connectivity index (χ0n) is 18.1. The molecular weight excluding hydrogens is 404 g/mol. The summed E-state index contributed by atoms with van der Waals surface area (Å²) in [4.78, 5) is 0. The minimum Gasteiger partial charge on any atom is -0.323 e. The number of hydrogen-bond donors (Lipinski definition) is 1. The van der Waals surface area contributed by atoms with Gasteiger partial charge in [-0.25, -0.2) is 0 Å². The van der Waals surface area contributed by atoms with Crippen LogP contribution in [-0.4, -0.2) is 5.71 Å². The number of nitrogens with zero attached hydrogens (tertiary/aromatic N) is 3. The predicted octanol–water partition coefficient (Wildman–Crippen LogP) is 5.32. The van der Waals surface area contributed by atoms with E-state index in [1.165, 1.54) is 0 Å². The first kappa shape index (κ1) is 21.6. The highest BCUT2D eigenvalue weighted by Gasteiger charge is 2.15. The van der Waals surface area contributed by atoms with Crippen molar-refractivity contribution in [3.8, 4) is 12.1 Å². The van der Waals surface area contributed by atoms with Gasteiger partial charge in [0.05, 0.1) is 29.0 Å². The average molecular weight is 427 g/mol. The third-order valence-corrected chi connectivity index (χ3v) is 5.63. The van der Waals surface area contributed by atoms with Crippen molar-refractivity contribution in [1.82, 2.24) is 0 Å². The normalized spacial score (nSPS) is 10.1. The molecule has 0 aromatic heterocycles. The van der Waals surface area contributed by atoms with Gasteiger partial charge in [0, 0.05) is 11.1 Å². The van der Waals surface area contributed by atoms with Crippen LogP contribution in [0.1, 0.15) is 44.5 Å². The van der Waals surface area contributed by atoms with E-state index in [1.54, 1.807) is 0 Å². The van der Waals surface area contributed by atoms with Crippen molar-refractivity contribution < 1.29 is 0 Å². The summed E-state index contributed by atoms with van der Waals surface area (Å²) in [7, 11) is 0. The summed E-state index contributed by atoms with van der Waals surface area (Å²) in [5.74, 6) is 5.95. The Kier molecular flexibility index (Phi) is 6.59. The van der Waals surface area contributed by atoms with Crippen molar-refractivity contribution in [3.05, 3.63) is 142 Å². The maximum absolute atomic E-state index is 9.06. The predicted molar refractivity (Wildman–Crippen MR) is 131 cm³/mol. The SMILES string of the molecule is N#Cc1ccc(Cc2ccccc2C(=NN)c2ccccc2Cc2ccc(C#N)cc2)cc1. The minimum atomic E-state index is 0.646. The van der Waals surface area contributed by atoms with Crippen LogP contribution in [0.2, 0.25) is 0 Å². The van der Waals surface area contributed by atoms with E-state index < -0.39 is 0 Å². The molecule has 4 rings (SSSR count). The zero-order valence-corrected chi connectivity index (χ0v) is 18.1. The molecule has 4 aromatic rings. The fourth-order valence-electron chi connectivity index (χ4n) is 3.93. The Morgan fingerprint density at radius 3 is 1.36 bits per heavy atom. The molecule has 0 aliphatic rings. The highest BCUT2D eigenvalue weighted by atomic mass is 15.1. The number of nitrogens with two attached hydrogens (primary N) is 1. The summed E-state index contributed by atoms with van der Waals surface area (Å²) >= 11 is 0. The van der Waals surface area contributed by atoms with Crippen LogP contribution in [0.25, 0.3) is 0 Å². The summed E-state index contributed by atoms with van der Waals surface area (Å²) in [6, 6.07) is 35.9. The maximum atomic E-state index is 9.06. The smallest absolute Gasteiger partial charge is 0.0991 e. The molecule has 0 atom stereocenters. The van der Waals surface area contributed by atoms with Crippen LogP contribution in [0.15, 0.2) is 102 Å². The molecule has 0 bridgehead atoms. The Morgan fingerprint density at radius 1 is 0.606 bits per heavy atom. The highest BCUT2D eigenvalue weighted by molar-refractivity contribution is 6.14. The summed E-state index contributed by atoms with van der Waals surface area (Å²) in [6.07, 6.45) is 1.41. The first-order chi connectivity index (χ1) is 16.2. The Hall–Kier alpha value is -4.67. The lowest BCUT2D eigenvalue weighted by atomic mass is 9.89. The second-order valence-corrected chi connectivity index (χ2v) is 7.76. The van der Waals surface area contributed by atoms with Crippen molar-refractivity contribution in [1.29, 1.82) is 10.5 Å². The van der Waals surface area contributed by atoms with Crippen LogP contribution in [0, 0.1) is 22.7 Å². The summed E-state index contributed by atoms with van der Waals surface area (Å²) < 4.78 is 0. The Balaban J connectivity index is 1.68. The number of benzene rings is 4. The second kappa shape index (κ2) is 10.1. The zero-order chi connectivity index (χ0) is 23.0. The van der Waals surface area contributed by atoms with Gasteiger partial charge in [-0.2, -0.15) is 15.6 Å². The number of hydrazone groups is 1. The third-order valence-electron chi connectivity index (χ3n) is 5.63. The molecule has 2 N–H and O–H groups in total. The summed E-state index contributed by atoms with van der Waals surface area (Å²) in [5, 5.41) is 22.3. The minimum absolute atomic E-state index is 0.646. The van der Waals surface area contributed by atoms with Gasteiger partial charge < -0.3 is 5.84 Å². The van der Waals surface area contributed by atoms with E-state index >= 15 is 0 Å². The van der Waals surface area contributed by atoms with Gasteiger partial charge in [0.2, 0.25) is 0 Å². The van der Waals surface area contributed by atoms with Crippen molar-refractivity contribution in [3.63, 3.8) is 0 Å². The molecule has 158 valence electrons. The lowest BCUT2D eigenvalue weighted by molar-refractivity contribution is 1.15. The number of nitriles is 2. The van der Waals surface area contributed by atoms with E-state index in [9.17, 15) is 0 Å². The molecule has 0 radical (unpaired) electrons. The molecule has 4 heteroatoms. The molecule has 4 aromatic carbocycles. The Morgan fingerprint density at radius 2 is 1.00 bits per heavy atom. The van der Waals surface area contributed by atoms with Crippen LogP contribution in [0.5, 0.6) is 0 Å². The van der Waals surface area contributed by atoms with Crippen molar-refractivity contribution in [2.45, 2.75) is 12.8 Å². The highest BCUT2D eigenvalue weighted by Crippen LogP contribution is 2.23. The van der Waals surface area contributed by atoms with E-state index in [4.69, 9.17) is 16.4 Å². The first-order valence-corrected chi connectivity index (χ1v) is 10.6. The van der Waals surface area contributed by atoms with Crippen LogP contribution >= 0.6 is 0 Å². The van der Waals surface area contributed by atoms with Crippen molar-refractivity contribution in [2.75, 3.05) is 0 Å². The molecule has 0 unspecified atom stereocenters. The molecule has 4 nitrogen and oxygen atoms in total. The van der Waals surface area contributed by atoms with Crippen molar-refractivity contribution >= 4 is 5.71 Å². The lowest BCUT2D eigenvalue weighted by Crippen LogP contribution is -2.12. The van der Waals surface area contributed by atoms with Gasteiger partial charge in [-0.3, -0.25) is 0 Å². The van der Waals surface area contributed by atoms with E-state index in [-0.39, 0.29) is 0 Å². The first-order valence-electron chi connectivity index (χ1n) is 10.6. The molecule has 0 aliphatic heterocycles. The standard InChI is InChI=1S/C29H22N4/c30-19-23-13-9-21(10-14-23)17-25-5-1-3-7-27(25)29(33-32)28-8-4-2-6-26(28)18-22-11-15-24(20-31)16-12-22/h1-16H,17-18,32H2. The molecule has 0 saturated heterocycles. The fourth-order valence-corrected chi connectivity index (χ4v) is 3.93. The number of rotatable bonds is 6. The van der Waals surface area contributed by atoms with Gasteiger partial charge in [0.1, 0.15) is 0 Å². The molecule has 0 heterocycles. The van der Waals surface area contributed by atoms with E-state index in [1.807, 2.05) is 84.9 Å². The van der Waals surface area contributed by atoms with Gasteiger partial charge in [-0.1, -0.05) is 72.8 Å². The van der Waals surface area contributed by atoms with Gasteiger partial charge in [-0.05, 0) is 59.4 Å². The quantitative estimate of drug-likeness (QED) is 0.257. The molecule has 0 saturated carbocycles. The molecule has 33 heavy (non-hydrogen) atoms. The third kappa shape index (κ3) is 4.98. The topological polar surface area (TPSA) is 86.0 Å². The van der Waals surface area contributed by atoms with E-state index in [0.717, 1.165) is 39.1 Å². The summed E-state index contributed by atoms with van der Waals surface area (Å²) in [5.41, 5.74) is 8.45. The average Bonchev–Trinajstić information content (AvgIpc) is 2.87. The monoisotopic (exact) mass is 426 g/mol. The number of hydrogen-bond acceptors (Lipinski definition) is 4. The van der Waals surface area contributed by atoms with Gasteiger partial charge in [0.25, 0.3) is 0 Å². The Bertz CT molecular complexity index is 1260. The molecule has 0 amide bonds. The second-order valence-electron chi connectivity index (χ2n) is 7.76. The lowest BCUT2D eigenvalue weighted by Gasteiger charge is -2.15. The molecular formula is C29H22N4. The van der Waals surface area contributed by atoms with Gasteiger partial charge in [0.15, 0.2) is 0 Å². The van der Waals surface area contributed by atoms with Gasteiger partial charge in [-0.15, -0.1) is 0 Å². The molecule has 0 fully saturated rings. The largest absolute Gasteiger partial charge is 0.323 e. The Labute approximate surface area is 193 Å².